The topological polar surface area (TPSA) is 94.6 Å². The third kappa shape index (κ3) is 4.61. The van der Waals surface area contributed by atoms with Gasteiger partial charge >= 0.3 is 5.97 Å². The van der Waals surface area contributed by atoms with Gasteiger partial charge in [0.25, 0.3) is 0 Å². The van der Waals surface area contributed by atoms with Crippen LogP contribution in [0.3, 0.4) is 0 Å². The quantitative estimate of drug-likeness (QED) is 0.720. The smallest absolute Gasteiger partial charge is 0.305 e. The van der Waals surface area contributed by atoms with E-state index in [9.17, 15) is 21.6 Å². The minimum absolute atomic E-state index is 0.0250. The van der Waals surface area contributed by atoms with Crippen LogP contribution in [0.1, 0.15) is 12.8 Å². The molecule has 1 rings (SSSR count). The zero-order valence-electron chi connectivity index (χ0n) is 11.2. The number of ether oxygens (including phenoxy) is 1. The number of methoxy groups -OCH3 is 1. The van der Waals surface area contributed by atoms with Crippen molar-refractivity contribution >= 4 is 25.6 Å². The average molecular weight is 320 g/mol. The minimum Gasteiger partial charge on any atom is -0.469 e. The number of carbonyl (C=O) groups is 1. The zero-order chi connectivity index (χ0) is 15.4. The van der Waals surface area contributed by atoms with Crippen LogP contribution in [-0.2, 0) is 29.2 Å². The second-order valence-corrected chi connectivity index (χ2v) is 8.37. The molecule has 1 aromatic carbocycles. The first-order chi connectivity index (χ1) is 9.16. The summed E-state index contributed by atoms with van der Waals surface area (Å²) in [5, 5.41) is 0. The summed E-state index contributed by atoms with van der Waals surface area (Å²) in [7, 11) is -5.64. The standard InChI is InChI=1S/C12H16O6S2/c1-18-12(13)4-3-9-20(16,17)11-7-5-10(6-8-11)19(2,14)15/h5-8H,3-4,9H2,1-2H3. The molecule has 0 aromatic heterocycles. The van der Waals surface area contributed by atoms with Crippen LogP contribution in [-0.4, -0.2) is 41.9 Å². The molecular weight excluding hydrogens is 304 g/mol. The van der Waals surface area contributed by atoms with Gasteiger partial charge in [-0.1, -0.05) is 0 Å². The zero-order valence-corrected chi connectivity index (χ0v) is 12.8. The lowest BCUT2D eigenvalue weighted by Crippen LogP contribution is -2.10. The fourth-order valence-electron chi connectivity index (χ4n) is 1.52. The predicted molar refractivity (Wildman–Crippen MR) is 72.9 cm³/mol. The molecule has 0 aliphatic heterocycles. The lowest BCUT2D eigenvalue weighted by atomic mass is 10.3. The van der Waals surface area contributed by atoms with Crippen molar-refractivity contribution < 1.29 is 26.4 Å². The lowest BCUT2D eigenvalue weighted by Gasteiger charge is -2.05. The summed E-state index contributed by atoms with van der Waals surface area (Å²) in [6.45, 7) is 0. The number of esters is 1. The number of benzene rings is 1. The Morgan fingerprint density at radius 2 is 1.55 bits per heavy atom. The Morgan fingerprint density at radius 3 is 2.00 bits per heavy atom. The summed E-state index contributed by atoms with van der Waals surface area (Å²) < 4.78 is 50.9. The highest BCUT2D eigenvalue weighted by Crippen LogP contribution is 2.16. The largest absolute Gasteiger partial charge is 0.469 e. The van der Waals surface area contributed by atoms with Crippen LogP contribution in [0.4, 0.5) is 0 Å². The molecule has 1 aromatic rings. The third-order valence-corrected chi connectivity index (χ3v) is 5.58. The molecule has 0 aliphatic carbocycles. The maximum absolute atomic E-state index is 12.0. The van der Waals surface area contributed by atoms with Gasteiger partial charge in [-0.3, -0.25) is 4.79 Å². The Bertz CT molecular complexity index is 671. The van der Waals surface area contributed by atoms with Crippen molar-refractivity contribution in [2.75, 3.05) is 19.1 Å². The molecule has 112 valence electrons. The van der Waals surface area contributed by atoms with E-state index < -0.39 is 25.6 Å². The number of rotatable bonds is 6. The SMILES string of the molecule is COC(=O)CCCS(=O)(=O)c1ccc(S(C)(=O)=O)cc1. The van der Waals surface area contributed by atoms with Gasteiger partial charge < -0.3 is 4.74 Å². The molecule has 0 radical (unpaired) electrons. The van der Waals surface area contributed by atoms with Crippen molar-refractivity contribution in [3.63, 3.8) is 0 Å². The number of carbonyl (C=O) groups excluding carboxylic acids is 1. The number of hydrogen-bond acceptors (Lipinski definition) is 6. The maximum Gasteiger partial charge on any atom is 0.305 e. The van der Waals surface area contributed by atoms with E-state index >= 15 is 0 Å². The fourth-order valence-corrected chi connectivity index (χ4v) is 3.46. The van der Waals surface area contributed by atoms with E-state index in [0.717, 1.165) is 6.26 Å². The van der Waals surface area contributed by atoms with Gasteiger partial charge in [-0.15, -0.1) is 0 Å². The van der Waals surface area contributed by atoms with Gasteiger partial charge in [-0.25, -0.2) is 16.8 Å². The highest BCUT2D eigenvalue weighted by atomic mass is 32.2. The van der Waals surface area contributed by atoms with Crippen LogP contribution in [0.2, 0.25) is 0 Å². The van der Waals surface area contributed by atoms with Gasteiger partial charge in [0.05, 0.1) is 22.7 Å². The van der Waals surface area contributed by atoms with Crippen molar-refractivity contribution in [3.05, 3.63) is 24.3 Å². The Kier molecular flexibility index (Phi) is 5.29. The van der Waals surface area contributed by atoms with E-state index in [2.05, 4.69) is 4.74 Å². The average Bonchev–Trinajstić information content (AvgIpc) is 2.37. The fraction of sp³-hybridized carbons (Fsp3) is 0.417. The summed E-state index contributed by atoms with van der Waals surface area (Å²) in [4.78, 5) is 11.0. The lowest BCUT2D eigenvalue weighted by molar-refractivity contribution is -0.140. The summed E-state index contributed by atoms with van der Waals surface area (Å²) in [5.41, 5.74) is 0. The molecule has 0 fully saturated rings. The summed E-state index contributed by atoms with van der Waals surface area (Å²) in [5.74, 6) is -0.659. The van der Waals surface area contributed by atoms with Crippen LogP contribution < -0.4 is 0 Å². The van der Waals surface area contributed by atoms with Gasteiger partial charge in [-0.2, -0.15) is 0 Å². The second kappa shape index (κ2) is 6.36. The first-order valence-corrected chi connectivity index (χ1v) is 9.31. The van der Waals surface area contributed by atoms with E-state index in [1.165, 1.54) is 31.4 Å². The second-order valence-electron chi connectivity index (χ2n) is 4.24. The summed E-state index contributed by atoms with van der Waals surface area (Å²) in [6.07, 6.45) is 1.23. The van der Waals surface area contributed by atoms with Crippen LogP contribution >= 0.6 is 0 Å². The number of sulfone groups is 2. The molecule has 0 bridgehead atoms. The van der Waals surface area contributed by atoms with Crippen LogP contribution in [0.25, 0.3) is 0 Å². The van der Waals surface area contributed by atoms with E-state index in [1.54, 1.807) is 0 Å². The molecule has 6 nitrogen and oxygen atoms in total. The molecule has 0 heterocycles. The van der Waals surface area contributed by atoms with E-state index in [0.29, 0.717) is 0 Å². The van der Waals surface area contributed by atoms with Crippen LogP contribution in [0.15, 0.2) is 34.1 Å². The first-order valence-electron chi connectivity index (χ1n) is 5.76. The molecular formula is C12H16O6S2. The van der Waals surface area contributed by atoms with Crippen molar-refractivity contribution in [3.8, 4) is 0 Å². The van der Waals surface area contributed by atoms with Gasteiger partial charge in [0, 0.05) is 12.7 Å². The molecule has 0 saturated carbocycles. The molecule has 0 N–H and O–H groups in total. The minimum atomic E-state index is -3.53. The van der Waals surface area contributed by atoms with Crippen molar-refractivity contribution in [1.82, 2.24) is 0 Å². The monoisotopic (exact) mass is 320 g/mol. The van der Waals surface area contributed by atoms with E-state index in [4.69, 9.17) is 0 Å². The Morgan fingerprint density at radius 1 is 1.05 bits per heavy atom. The van der Waals surface area contributed by atoms with Gasteiger partial charge in [0.1, 0.15) is 0 Å². The molecule has 0 spiro atoms. The molecule has 0 saturated heterocycles. The highest BCUT2D eigenvalue weighted by molar-refractivity contribution is 7.91. The molecule has 0 unspecified atom stereocenters. The summed E-state index contributed by atoms with van der Waals surface area (Å²) >= 11 is 0. The normalized spacial score (nSPS) is 12.1. The molecule has 0 amide bonds. The van der Waals surface area contributed by atoms with Gasteiger partial charge in [0.2, 0.25) is 0 Å². The first kappa shape index (κ1) is 16.6. The van der Waals surface area contributed by atoms with Gasteiger partial charge in [-0.05, 0) is 30.7 Å². The van der Waals surface area contributed by atoms with Crippen LogP contribution in [0.5, 0.6) is 0 Å². The molecule has 0 atom stereocenters. The molecule has 8 heteroatoms. The third-order valence-electron chi connectivity index (χ3n) is 2.63. The van der Waals surface area contributed by atoms with Crippen molar-refractivity contribution in [1.29, 1.82) is 0 Å². The van der Waals surface area contributed by atoms with E-state index in [-0.39, 0.29) is 28.4 Å². The maximum atomic E-state index is 12.0. The van der Waals surface area contributed by atoms with Crippen molar-refractivity contribution in [2.45, 2.75) is 22.6 Å². The van der Waals surface area contributed by atoms with Gasteiger partial charge in [0.15, 0.2) is 19.7 Å². The Balaban J connectivity index is 2.81. The highest BCUT2D eigenvalue weighted by Gasteiger charge is 2.16. The van der Waals surface area contributed by atoms with Crippen LogP contribution in [0, 0.1) is 0 Å². The molecule has 20 heavy (non-hydrogen) atoms. The molecule has 0 aliphatic rings. The van der Waals surface area contributed by atoms with E-state index in [1.807, 2.05) is 0 Å². The summed E-state index contributed by atoms with van der Waals surface area (Å²) in [6, 6.07) is 5.01. The number of hydrogen-bond donors (Lipinski definition) is 0. The van der Waals surface area contributed by atoms with Crippen molar-refractivity contribution in [2.24, 2.45) is 0 Å². The Hall–Kier alpha value is -1.41. The predicted octanol–water partition coefficient (Wildman–Crippen LogP) is 0.817. The Labute approximate surface area is 118 Å².